The normalized spacial score (nSPS) is 17.9. The second-order valence-corrected chi connectivity index (χ2v) is 12.5. The zero-order chi connectivity index (χ0) is 27.6. The van der Waals surface area contributed by atoms with Crippen LogP contribution < -0.4 is 5.32 Å². The average Bonchev–Trinajstić information content (AvgIpc) is 3.29. The fourth-order valence-corrected chi connectivity index (χ4v) is 6.87. The van der Waals surface area contributed by atoms with Crippen molar-refractivity contribution < 1.29 is 36.3 Å². The third kappa shape index (κ3) is 10.7. The topological polar surface area (TPSA) is 114 Å². The first-order chi connectivity index (χ1) is 17.3. The summed E-state index contributed by atoms with van der Waals surface area (Å²) in [5, 5.41) is 10.4. The lowest BCUT2D eigenvalue weighted by Crippen LogP contribution is -2.47. The molecule has 1 aromatic rings. The fraction of sp³-hybridized carbons (Fsp3) is 0.714. The molecule has 0 spiro atoms. The standard InChI is InChI=1S/C19H32ClN5O3S2.C2HF3O2/c1-22-13-15-23(16-14-22)8-2-9-25(30(27,28)19-4-3-17(20)29-19)10-5-18(26)24-11-6-21-7-12-24;3-2(4,5)1(6)7/h3-4,21H,2,5-16H2,1H3;(H,6,7). The zero-order valence-electron chi connectivity index (χ0n) is 20.5. The molecule has 37 heavy (non-hydrogen) atoms. The van der Waals surface area contributed by atoms with Gasteiger partial charge in [0.15, 0.2) is 0 Å². The van der Waals surface area contributed by atoms with Gasteiger partial charge in [0.2, 0.25) is 5.91 Å². The van der Waals surface area contributed by atoms with Crippen molar-refractivity contribution in [3.05, 3.63) is 16.5 Å². The minimum absolute atomic E-state index is 0.0139. The number of carbonyl (C=O) groups is 2. The smallest absolute Gasteiger partial charge is 0.475 e. The van der Waals surface area contributed by atoms with E-state index in [1.807, 2.05) is 4.90 Å². The van der Waals surface area contributed by atoms with Crippen LogP contribution in [-0.2, 0) is 19.6 Å². The molecule has 1 aromatic heterocycles. The van der Waals surface area contributed by atoms with Crippen LogP contribution >= 0.6 is 22.9 Å². The molecule has 2 aliphatic rings. The van der Waals surface area contributed by atoms with E-state index in [-0.39, 0.29) is 23.1 Å². The van der Waals surface area contributed by atoms with Gasteiger partial charge in [0, 0.05) is 71.9 Å². The van der Waals surface area contributed by atoms with E-state index in [0.717, 1.165) is 63.6 Å². The highest BCUT2D eigenvalue weighted by Crippen LogP contribution is 2.28. The molecular formula is C21H33ClF3N5O5S2. The van der Waals surface area contributed by atoms with E-state index in [1.54, 1.807) is 12.1 Å². The number of hydrogen-bond acceptors (Lipinski definition) is 8. The lowest BCUT2D eigenvalue weighted by Gasteiger charge is -2.33. The van der Waals surface area contributed by atoms with Crippen LogP contribution in [0.3, 0.4) is 0 Å². The highest BCUT2D eigenvalue weighted by Gasteiger charge is 2.38. The Morgan fingerprint density at radius 3 is 2.22 bits per heavy atom. The van der Waals surface area contributed by atoms with Crippen molar-refractivity contribution in [2.75, 3.05) is 79.0 Å². The number of carboxylic acid groups (broad SMARTS) is 1. The quantitative estimate of drug-likeness (QED) is 0.444. The number of nitrogens with one attached hydrogen (secondary N) is 1. The number of aliphatic carboxylic acids is 1. The number of sulfonamides is 1. The van der Waals surface area contributed by atoms with Crippen molar-refractivity contribution in [1.29, 1.82) is 0 Å². The van der Waals surface area contributed by atoms with E-state index in [9.17, 15) is 26.4 Å². The lowest BCUT2D eigenvalue weighted by atomic mass is 10.3. The van der Waals surface area contributed by atoms with Crippen LogP contribution in [-0.4, -0.2) is 130 Å². The second-order valence-electron chi connectivity index (χ2n) is 8.64. The Balaban J connectivity index is 0.000000604. The largest absolute Gasteiger partial charge is 0.490 e. The maximum Gasteiger partial charge on any atom is 0.490 e. The molecule has 2 saturated heterocycles. The number of carboxylic acids is 1. The number of likely N-dealkylation sites (N-methyl/N-ethyl adjacent to an activating group) is 1. The Hall–Kier alpha value is -1.49. The molecule has 3 heterocycles. The summed E-state index contributed by atoms with van der Waals surface area (Å²) in [6, 6.07) is 3.15. The van der Waals surface area contributed by atoms with Crippen LogP contribution in [0.15, 0.2) is 16.3 Å². The maximum atomic E-state index is 13.2. The van der Waals surface area contributed by atoms with Crippen molar-refractivity contribution >= 4 is 44.8 Å². The molecule has 2 aliphatic heterocycles. The summed E-state index contributed by atoms with van der Waals surface area (Å²) in [6.07, 6.45) is -4.14. The SMILES string of the molecule is CN1CCN(CCCN(CCC(=O)N2CCNCC2)S(=O)(=O)c2ccc(Cl)s2)CC1.O=C(O)C(F)(F)F. The van der Waals surface area contributed by atoms with Crippen LogP contribution in [0, 0.1) is 0 Å². The van der Waals surface area contributed by atoms with Crippen LogP contribution in [0.25, 0.3) is 0 Å². The minimum Gasteiger partial charge on any atom is -0.475 e. The van der Waals surface area contributed by atoms with Crippen LogP contribution in [0.4, 0.5) is 13.2 Å². The van der Waals surface area contributed by atoms with Crippen LogP contribution in [0.1, 0.15) is 12.8 Å². The summed E-state index contributed by atoms with van der Waals surface area (Å²) in [6.45, 7) is 8.46. The van der Waals surface area contributed by atoms with Gasteiger partial charge in [0.1, 0.15) is 4.21 Å². The highest BCUT2D eigenvalue weighted by atomic mass is 35.5. The van der Waals surface area contributed by atoms with E-state index in [0.29, 0.717) is 24.0 Å². The van der Waals surface area contributed by atoms with Crippen LogP contribution in [0.5, 0.6) is 0 Å². The Kier molecular flexibility index (Phi) is 12.5. The second kappa shape index (κ2) is 14.6. The summed E-state index contributed by atoms with van der Waals surface area (Å²) in [5.41, 5.74) is 0. The van der Waals surface area contributed by atoms with Gasteiger partial charge in [-0.2, -0.15) is 17.5 Å². The van der Waals surface area contributed by atoms with Crippen molar-refractivity contribution in [3.63, 3.8) is 0 Å². The van der Waals surface area contributed by atoms with Gasteiger partial charge in [-0.25, -0.2) is 13.2 Å². The molecule has 0 aliphatic carbocycles. The number of hydrogen-bond donors (Lipinski definition) is 2. The first-order valence-corrected chi connectivity index (χ1v) is 14.4. The Bertz CT molecular complexity index is 981. The highest BCUT2D eigenvalue weighted by molar-refractivity contribution is 7.91. The third-order valence-electron chi connectivity index (χ3n) is 5.91. The molecule has 10 nitrogen and oxygen atoms in total. The van der Waals surface area contributed by atoms with E-state index in [4.69, 9.17) is 21.5 Å². The summed E-state index contributed by atoms with van der Waals surface area (Å²) >= 11 is 7.04. The molecule has 0 unspecified atom stereocenters. The van der Waals surface area contributed by atoms with Crippen molar-refractivity contribution in [2.45, 2.75) is 23.2 Å². The first kappa shape index (κ1) is 31.7. The summed E-state index contributed by atoms with van der Waals surface area (Å²) in [4.78, 5) is 28.0. The Morgan fingerprint density at radius 2 is 1.70 bits per heavy atom. The molecule has 0 radical (unpaired) electrons. The first-order valence-electron chi connectivity index (χ1n) is 11.8. The van der Waals surface area contributed by atoms with Gasteiger partial charge >= 0.3 is 12.1 Å². The van der Waals surface area contributed by atoms with Gasteiger partial charge in [-0.15, -0.1) is 11.3 Å². The van der Waals surface area contributed by atoms with Crippen molar-refractivity contribution in [1.82, 2.24) is 24.3 Å². The molecular weight excluding hydrogens is 559 g/mol. The fourth-order valence-electron chi connectivity index (χ4n) is 3.75. The molecule has 2 N–H and O–H groups in total. The number of amides is 1. The van der Waals surface area contributed by atoms with Gasteiger partial charge in [0.05, 0.1) is 4.34 Å². The van der Waals surface area contributed by atoms with Gasteiger partial charge < -0.3 is 25.1 Å². The van der Waals surface area contributed by atoms with Gasteiger partial charge in [0.25, 0.3) is 10.0 Å². The third-order valence-corrected chi connectivity index (χ3v) is 9.50. The summed E-state index contributed by atoms with van der Waals surface area (Å²) in [7, 11) is -1.54. The molecule has 1 amide bonds. The molecule has 0 saturated carbocycles. The van der Waals surface area contributed by atoms with Gasteiger partial charge in [-0.3, -0.25) is 4.79 Å². The van der Waals surface area contributed by atoms with Gasteiger partial charge in [-0.1, -0.05) is 11.6 Å². The predicted molar refractivity (Wildman–Crippen MR) is 134 cm³/mol. The van der Waals surface area contributed by atoms with E-state index < -0.39 is 22.2 Å². The van der Waals surface area contributed by atoms with E-state index >= 15 is 0 Å². The van der Waals surface area contributed by atoms with Crippen molar-refractivity contribution in [2.24, 2.45) is 0 Å². The molecule has 0 bridgehead atoms. The number of carbonyl (C=O) groups excluding carboxylic acids is 1. The number of alkyl halides is 3. The zero-order valence-corrected chi connectivity index (χ0v) is 22.9. The molecule has 0 aromatic carbocycles. The Labute approximate surface area is 224 Å². The molecule has 212 valence electrons. The monoisotopic (exact) mass is 591 g/mol. The molecule has 16 heteroatoms. The average molecular weight is 592 g/mol. The summed E-state index contributed by atoms with van der Waals surface area (Å²) < 4.78 is 60.2. The minimum atomic E-state index is -5.08. The predicted octanol–water partition coefficient (Wildman–Crippen LogP) is 1.48. The molecule has 0 atom stereocenters. The summed E-state index contributed by atoms with van der Waals surface area (Å²) in [5.74, 6) is -2.74. The maximum absolute atomic E-state index is 13.2. The molecule has 2 fully saturated rings. The number of rotatable bonds is 9. The van der Waals surface area contributed by atoms with Gasteiger partial charge in [-0.05, 0) is 32.1 Å². The number of nitrogens with zero attached hydrogens (tertiary/aromatic N) is 4. The molecule has 3 rings (SSSR count). The Morgan fingerprint density at radius 1 is 1.11 bits per heavy atom. The van der Waals surface area contributed by atoms with Crippen LogP contribution in [0.2, 0.25) is 4.34 Å². The number of piperazine rings is 2. The van der Waals surface area contributed by atoms with E-state index in [2.05, 4.69) is 22.2 Å². The van der Waals surface area contributed by atoms with E-state index in [1.165, 1.54) is 4.31 Å². The number of thiophene rings is 1. The van der Waals surface area contributed by atoms with Crippen molar-refractivity contribution in [3.8, 4) is 0 Å². The lowest BCUT2D eigenvalue weighted by molar-refractivity contribution is -0.192. The number of halogens is 4.